The highest BCUT2D eigenvalue weighted by atomic mass is 15.0. The van der Waals surface area contributed by atoms with Crippen molar-refractivity contribution in [1.82, 2.24) is 15.0 Å². The zero-order valence-corrected chi connectivity index (χ0v) is 31.3. The number of hydrogen-bond donors (Lipinski definition) is 0. The Morgan fingerprint density at radius 2 is 0.946 bits per heavy atom. The van der Waals surface area contributed by atoms with Crippen LogP contribution in [0.3, 0.4) is 0 Å². The summed E-state index contributed by atoms with van der Waals surface area (Å²) in [4.78, 5) is 15.2. The lowest BCUT2D eigenvalue weighted by Gasteiger charge is -2.61. The van der Waals surface area contributed by atoms with Crippen LogP contribution >= 0.6 is 0 Å². The second-order valence-electron chi connectivity index (χ2n) is 16.8. The maximum absolute atomic E-state index is 5.11. The quantitative estimate of drug-likeness (QED) is 0.178. The number of rotatable bonds is 5. The van der Waals surface area contributed by atoms with Gasteiger partial charge in [-0.2, -0.15) is 0 Å². The Morgan fingerprint density at radius 1 is 0.375 bits per heavy atom. The van der Waals surface area contributed by atoms with E-state index in [9.17, 15) is 0 Å². The van der Waals surface area contributed by atoms with Crippen LogP contribution in [0.4, 0.5) is 0 Å². The molecule has 7 aromatic carbocycles. The van der Waals surface area contributed by atoms with Crippen molar-refractivity contribution in [2.24, 2.45) is 23.7 Å². The van der Waals surface area contributed by atoms with Crippen LogP contribution < -0.4 is 0 Å². The molecule has 0 saturated heterocycles. The lowest BCUT2D eigenvalue weighted by Crippen LogP contribution is -2.55. The van der Waals surface area contributed by atoms with Crippen molar-refractivity contribution in [3.63, 3.8) is 0 Å². The predicted octanol–water partition coefficient (Wildman–Crippen LogP) is 13.1. The van der Waals surface area contributed by atoms with E-state index < -0.39 is 0 Å². The smallest absolute Gasteiger partial charge is 0.164 e. The van der Waals surface area contributed by atoms with Crippen LogP contribution in [-0.4, -0.2) is 15.0 Å². The molecule has 268 valence electrons. The molecule has 0 radical (unpaired) electrons. The van der Waals surface area contributed by atoms with Gasteiger partial charge in [0.25, 0.3) is 0 Å². The molecule has 56 heavy (non-hydrogen) atoms. The van der Waals surface area contributed by atoms with Crippen molar-refractivity contribution in [3.05, 3.63) is 175 Å². The molecule has 0 amide bonds. The number of benzene rings is 7. The summed E-state index contributed by atoms with van der Waals surface area (Å²) < 4.78 is 0. The topological polar surface area (TPSA) is 38.7 Å². The molecule has 13 rings (SSSR count). The maximum Gasteiger partial charge on any atom is 0.164 e. The van der Waals surface area contributed by atoms with Crippen LogP contribution in [0.25, 0.3) is 78.3 Å². The van der Waals surface area contributed by atoms with E-state index >= 15 is 0 Å². The van der Waals surface area contributed by atoms with Crippen LogP contribution in [-0.2, 0) is 5.41 Å². The van der Waals surface area contributed by atoms with Gasteiger partial charge in [-0.05, 0) is 123 Å². The van der Waals surface area contributed by atoms with Crippen LogP contribution in [0, 0.1) is 23.7 Å². The minimum atomic E-state index is 0.105. The average molecular weight is 720 g/mol. The second-order valence-corrected chi connectivity index (χ2v) is 16.8. The third kappa shape index (κ3) is 4.79. The third-order valence-electron chi connectivity index (χ3n) is 13.9. The first-order valence-electron chi connectivity index (χ1n) is 20.4. The predicted molar refractivity (Wildman–Crippen MR) is 228 cm³/mol. The molecular weight excluding hydrogens is 679 g/mol. The molecule has 1 aromatic heterocycles. The van der Waals surface area contributed by atoms with Crippen molar-refractivity contribution in [3.8, 4) is 67.5 Å². The highest BCUT2D eigenvalue weighted by Crippen LogP contribution is 2.70. The van der Waals surface area contributed by atoms with Crippen molar-refractivity contribution in [2.75, 3.05) is 0 Å². The summed E-state index contributed by atoms with van der Waals surface area (Å²) in [6, 6.07) is 59.6. The fraction of sp³-hybridized carbons (Fsp3) is 0.189. The minimum absolute atomic E-state index is 0.105. The van der Waals surface area contributed by atoms with Crippen molar-refractivity contribution in [1.29, 1.82) is 0 Å². The fourth-order valence-electron chi connectivity index (χ4n) is 11.9. The molecule has 4 fully saturated rings. The number of fused-ring (bicyclic) bond motifs is 5. The Bertz CT molecular complexity index is 2740. The van der Waals surface area contributed by atoms with Gasteiger partial charge < -0.3 is 0 Å². The molecule has 8 aromatic rings. The Balaban J connectivity index is 0.997. The molecule has 1 heterocycles. The second kappa shape index (κ2) is 12.4. The van der Waals surface area contributed by atoms with Gasteiger partial charge in [-0.3, -0.25) is 0 Å². The SMILES string of the molecule is c1ccc(-c2nc(-c3ccccc3)nc(-c3ccccc3-c3cccc(-c4ccc5c(c4)C4(c6ccc7ccccc7c6-5)C5CC6CC(C5)CC4C6)c3)n2)cc1. The van der Waals surface area contributed by atoms with E-state index in [2.05, 4.69) is 127 Å². The molecule has 5 aliphatic carbocycles. The standard InChI is InChI=1S/C53H41N3/c1-3-13-36(14-4-1)50-54-51(37-15-5-2-6-16-37)56-52(55-50)45-21-10-9-19-43(45)40-18-11-17-38(31-40)39-22-24-46-48(32-39)53(41-27-33-26-34(29-41)30-42(53)28-33)47-25-23-35-12-7-8-20-44(35)49(46)47/h1-25,31-34,41-42H,26-30H2. The molecule has 0 atom stereocenters. The Morgan fingerprint density at radius 3 is 1.66 bits per heavy atom. The third-order valence-corrected chi connectivity index (χ3v) is 13.9. The molecule has 3 nitrogen and oxygen atoms in total. The molecule has 4 saturated carbocycles. The van der Waals surface area contributed by atoms with Crippen LogP contribution in [0.1, 0.15) is 43.2 Å². The van der Waals surface area contributed by atoms with E-state index in [-0.39, 0.29) is 5.41 Å². The summed E-state index contributed by atoms with van der Waals surface area (Å²) >= 11 is 0. The van der Waals surface area contributed by atoms with Crippen molar-refractivity contribution in [2.45, 2.75) is 37.5 Å². The van der Waals surface area contributed by atoms with Crippen molar-refractivity contribution < 1.29 is 0 Å². The first kappa shape index (κ1) is 32.1. The van der Waals surface area contributed by atoms with Crippen LogP contribution in [0.5, 0.6) is 0 Å². The Labute approximate surface area is 328 Å². The van der Waals surface area contributed by atoms with E-state index in [4.69, 9.17) is 15.0 Å². The Kier molecular flexibility index (Phi) is 7.11. The zero-order chi connectivity index (χ0) is 36.8. The summed E-state index contributed by atoms with van der Waals surface area (Å²) in [5.74, 6) is 5.27. The normalized spacial score (nSPS) is 22.7. The highest BCUT2D eigenvalue weighted by Gasteiger charge is 2.61. The molecule has 0 aliphatic heterocycles. The highest BCUT2D eigenvalue weighted by molar-refractivity contribution is 6.03. The molecule has 3 heteroatoms. The maximum atomic E-state index is 5.11. The van der Waals surface area contributed by atoms with Crippen LogP contribution in [0.2, 0.25) is 0 Å². The van der Waals surface area contributed by atoms with Gasteiger partial charge in [0.1, 0.15) is 0 Å². The van der Waals surface area contributed by atoms with Gasteiger partial charge in [0, 0.05) is 22.1 Å². The van der Waals surface area contributed by atoms with Crippen molar-refractivity contribution >= 4 is 10.8 Å². The minimum Gasteiger partial charge on any atom is -0.208 e. The van der Waals surface area contributed by atoms with Gasteiger partial charge in [-0.25, -0.2) is 15.0 Å². The van der Waals surface area contributed by atoms with Gasteiger partial charge in [-0.1, -0.05) is 152 Å². The summed E-state index contributed by atoms with van der Waals surface area (Å²) in [7, 11) is 0. The summed E-state index contributed by atoms with van der Waals surface area (Å²) in [5, 5.41) is 2.76. The monoisotopic (exact) mass is 719 g/mol. The molecule has 0 N–H and O–H groups in total. The van der Waals surface area contributed by atoms with Crippen LogP contribution in [0.15, 0.2) is 164 Å². The summed E-state index contributed by atoms with van der Waals surface area (Å²) in [6.07, 6.45) is 6.98. The largest absolute Gasteiger partial charge is 0.208 e. The van der Waals surface area contributed by atoms with E-state index in [1.54, 1.807) is 11.1 Å². The van der Waals surface area contributed by atoms with Gasteiger partial charge >= 0.3 is 0 Å². The number of nitrogens with zero attached hydrogens (tertiary/aromatic N) is 3. The van der Waals surface area contributed by atoms with Gasteiger partial charge in [0.15, 0.2) is 17.5 Å². The average Bonchev–Trinajstić information content (AvgIpc) is 3.56. The van der Waals surface area contributed by atoms with Gasteiger partial charge in [0.05, 0.1) is 0 Å². The van der Waals surface area contributed by atoms with E-state index in [1.165, 1.54) is 65.1 Å². The zero-order valence-electron chi connectivity index (χ0n) is 31.3. The molecular formula is C53H41N3. The molecule has 0 unspecified atom stereocenters. The van der Waals surface area contributed by atoms with Gasteiger partial charge in [-0.15, -0.1) is 0 Å². The first-order valence-corrected chi connectivity index (χ1v) is 20.4. The molecule has 1 spiro atoms. The first-order chi connectivity index (χ1) is 27.7. The number of hydrogen-bond acceptors (Lipinski definition) is 3. The molecule has 5 aliphatic rings. The van der Waals surface area contributed by atoms with E-state index in [0.717, 1.165) is 51.5 Å². The van der Waals surface area contributed by atoms with E-state index in [1.807, 2.05) is 36.4 Å². The van der Waals surface area contributed by atoms with E-state index in [0.29, 0.717) is 17.5 Å². The Hall–Kier alpha value is -6.19. The number of aromatic nitrogens is 3. The summed E-state index contributed by atoms with van der Waals surface area (Å²) in [5.41, 5.74) is 14.0. The lowest BCUT2D eigenvalue weighted by atomic mass is 9.43. The lowest BCUT2D eigenvalue weighted by molar-refractivity contribution is -0.0399. The fourth-order valence-corrected chi connectivity index (χ4v) is 11.9. The van der Waals surface area contributed by atoms with Gasteiger partial charge in [0.2, 0.25) is 0 Å². The summed E-state index contributed by atoms with van der Waals surface area (Å²) in [6.45, 7) is 0. The molecule has 4 bridgehead atoms.